The van der Waals surface area contributed by atoms with Gasteiger partial charge >= 0.3 is 6.36 Å². The number of amides is 2. The maximum Gasteiger partial charge on any atom is 0.573 e. The quantitative estimate of drug-likeness (QED) is 0.801. The second kappa shape index (κ2) is 7.94. The molecule has 0 saturated carbocycles. The van der Waals surface area contributed by atoms with Gasteiger partial charge in [0.05, 0.1) is 6.04 Å². The van der Waals surface area contributed by atoms with Crippen molar-refractivity contribution in [3.05, 3.63) is 24.3 Å². The highest BCUT2D eigenvalue weighted by atomic mass is 19.4. The first-order chi connectivity index (χ1) is 12.1. The molecule has 3 unspecified atom stereocenters. The molecular weight excluding hydrogens is 351 g/mol. The summed E-state index contributed by atoms with van der Waals surface area (Å²) in [6.07, 6.45) is -3.73. The van der Waals surface area contributed by atoms with Crippen molar-refractivity contribution in [3.63, 3.8) is 0 Å². The van der Waals surface area contributed by atoms with Crippen LogP contribution in [0.15, 0.2) is 24.3 Å². The number of hydrogen-bond acceptors (Lipinski definition) is 4. The SMILES string of the molecule is CCC(C)C(N)C(=O)NC1CCN(c2cccc(OC(F)(F)F)c2)C1=O. The molecule has 2 amide bonds. The van der Waals surface area contributed by atoms with Crippen LogP contribution in [-0.4, -0.2) is 36.8 Å². The zero-order chi connectivity index (χ0) is 19.5. The van der Waals surface area contributed by atoms with E-state index in [9.17, 15) is 22.8 Å². The number of anilines is 1. The maximum atomic E-state index is 12.5. The summed E-state index contributed by atoms with van der Waals surface area (Å²) in [5, 5.41) is 2.63. The van der Waals surface area contributed by atoms with E-state index in [0.29, 0.717) is 6.42 Å². The second-order valence-electron chi connectivity index (χ2n) is 6.30. The molecule has 2 rings (SSSR count). The number of nitrogens with zero attached hydrogens (tertiary/aromatic N) is 1. The Balaban J connectivity index is 2.05. The van der Waals surface area contributed by atoms with Gasteiger partial charge in [-0.2, -0.15) is 0 Å². The minimum atomic E-state index is -4.81. The Morgan fingerprint density at radius 2 is 2.15 bits per heavy atom. The molecule has 3 N–H and O–H groups in total. The van der Waals surface area contributed by atoms with Crippen molar-refractivity contribution >= 4 is 17.5 Å². The fourth-order valence-electron chi connectivity index (χ4n) is 2.70. The van der Waals surface area contributed by atoms with Crippen molar-refractivity contribution in [2.45, 2.75) is 45.1 Å². The van der Waals surface area contributed by atoms with Crippen molar-refractivity contribution in [2.24, 2.45) is 11.7 Å². The van der Waals surface area contributed by atoms with Crippen LogP contribution in [0, 0.1) is 5.92 Å². The van der Waals surface area contributed by atoms with E-state index in [1.165, 1.54) is 17.0 Å². The molecule has 26 heavy (non-hydrogen) atoms. The van der Waals surface area contributed by atoms with Crippen LogP contribution in [0.25, 0.3) is 0 Å². The van der Waals surface area contributed by atoms with Gasteiger partial charge in [-0.1, -0.05) is 26.3 Å². The predicted molar refractivity (Wildman–Crippen MR) is 89.5 cm³/mol. The van der Waals surface area contributed by atoms with E-state index in [-0.39, 0.29) is 24.1 Å². The molecule has 0 aliphatic carbocycles. The van der Waals surface area contributed by atoms with Crippen LogP contribution in [0.4, 0.5) is 18.9 Å². The number of carbonyl (C=O) groups is 2. The second-order valence-corrected chi connectivity index (χ2v) is 6.30. The molecule has 9 heteroatoms. The van der Waals surface area contributed by atoms with Crippen LogP contribution in [0.1, 0.15) is 26.7 Å². The monoisotopic (exact) mass is 373 g/mol. The van der Waals surface area contributed by atoms with Gasteiger partial charge in [-0.15, -0.1) is 13.2 Å². The third kappa shape index (κ3) is 4.87. The molecule has 144 valence electrons. The highest BCUT2D eigenvalue weighted by molar-refractivity contribution is 6.01. The Morgan fingerprint density at radius 3 is 2.77 bits per heavy atom. The fraction of sp³-hybridized carbons (Fsp3) is 0.529. The molecular formula is C17H22F3N3O3. The third-order valence-electron chi connectivity index (χ3n) is 4.44. The first-order valence-corrected chi connectivity index (χ1v) is 8.35. The Morgan fingerprint density at radius 1 is 1.46 bits per heavy atom. The maximum absolute atomic E-state index is 12.5. The zero-order valence-electron chi connectivity index (χ0n) is 14.5. The molecule has 1 heterocycles. The van der Waals surface area contributed by atoms with Gasteiger partial charge in [-0.05, 0) is 24.5 Å². The van der Waals surface area contributed by atoms with E-state index < -0.39 is 30.1 Å². The van der Waals surface area contributed by atoms with E-state index in [2.05, 4.69) is 10.1 Å². The van der Waals surface area contributed by atoms with Crippen molar-refractivity contribution < 1.29 is 27.5 Å². The Kier molecular flexibility index (Phi) is 6.12. The third-order valence-corrected chi connectivity index (χ3v) is 4.44. The van der Waals surface area contributed by atoms with Crippen LogP contribution in [0.5, 0.6) is 5.75 Å². The lowest BCUT2D eigenvalue weighted by atomic mass is 9.99. The normalized spacial score (nSPS) is 20.0. The summed E-state index contributed by atoms with van der Waals surface area (Å²) < 4.78 is 40.9. The van der Waals surface area contributed by atoms with Crippen LogP contribution in [0.2, 0.25) is 0 Å². The van der Waals surface area contributed by atoms with Crippen LogP contribution >= 0.6 is 0 Å². The molecule has 0 bridgehead atoms. The van der Waals surface area contributed by atoms with E-state index >= 15 is 0 Å². The standard InChI is InChI=1S/C17H22F3N3O3/c1-3-10(2)14(21)15(24)22-13-7-8-23(16(13)25)11-5-4-6-12(9-11)26-17(18,19)20/h4-6,9-10,13-14H,3,7-8,21H2,1-2H3,(H,22,24). The van der Waals surface area contributed by atoms with E-state index in [1.807, 2.05) is 13.8 Å². The molecule has 1 aromatic rings. The first kappa shape index (κ1) is 20.0. The van der Waals surface area contributed by atoms with Gasteiger partial charge in [0.15, 0.2) is 0 Å². The number of hydrogen-bond donors (Lipinski definition) is 2. The van der Waals surface area contributed by atoms with Gasteiger partial charge in [0.1, 0.15) is 11.8 Å². The Labute approximate surface area is 149 Å². The number of rotatable bonds is 6. The number of carbonyl (C=O) groups excluding carboxylic acids is 2. The molecule has 1 aromatic carbocycles. The average Bonchev–Trinajstić information content (AvgIpc) is 2.92. The molecule has 1 saturated heterocycles. The van der Waals surface area contributed by atoms with Gasteiger partial charge in [0, 0.05) is 18.3 Å². The number of ether oxygens (including phenoxy) is 1. The molecule has 0 aromatic heterocycles. The minimum absolute atomic E-state index is 0.0289. The lowest BCUT2D eigenvalue weighted by Crippen LogP contribution is -2.50. The van der Waals surface area contributed by atoms with Crippen LogP contribution in [0.3, 0.4) is 0 Å². The van der Waals surface area contributed by atoms with Gasteiger partial charge < -0.3 is 20.7 Å². The summed E-state index contributed by atoms with van der Waals surface area (Å²) in [4.78, 5) is 26.0. The highest BCUT2D eigenvalue weighted by Gasteiger charge is 2.36. The first-order valence-electron chi connectivity index (χ1n) is 8.35. The molecule has 3 atom stereocenters. The lowest BCUT2D eigenvalue weighted by molar-refractivity contribution is -0.274. The summed E-state index contributed by atoms with van der Waals surface area (Å²) in [5.41, 5.74) is 6.14. The number of benzene rings is 1. The van der Waals surface area contributed by atoms with Crippen molar-refractivity contribution in [1.29, 1.82) is 0 Å². The minimum Gasteiger partial charge on any atom is -0.406 e. The van der Waals surface area contributed by atoms with Crippen LogP contribution < -0.4 is 20.7 Å². The topological polar surface area (TPSA) is 84.7 Å². The largest absolute Gasteiger partial charge is 0.573 e. The van der Waals surface area contributed by atoms with Gasteiger partial charge in [0.2, 0.25) is 11.8 Å². The lowest BCUT2D eigenvalue weighted by Gasteiger charge is -2.21. The van der Waals surface area contributed by atoms with Crippen molar-refractivity contribution in [2.75, 3.05) is 11.4 Å². The number of nitrogens with two attached hydrogens (primary N) is 1. The Bertz CT molecular complexity index is 666. The molecule has 1 fully saturated rings. The Hall–Kier alpha value is -2.29. The number of alkyl halides is 3. The average molecular weight is 373 g/mol. The van der Waals surface area contributed by atoms with Gasteiger partial charge in [0.25, 0.3) is 0 Å². The summed E-state index contributed by atoms with van der Waals surface area (Å²) >= 11 is 0. The molecule has 0 radical (unpaired) electrons. The van der Waals surface area contributed by atoms with E-state index in [0.717, 1.165) is 18.6 Å². The van der Waals surface area contributed by atoms with Crippen LogP contribution in [-0.2, 0) is 9.59 Å². The zero-order valence-corrected chi connectivity index (χ0v) is 14.5. The summed E-state index contributed by atoms with van der Waals surface area (Å²) in [7, 11) is 0. The smallest absolute Gasteiger partial charge is 0.406 e. The number of halogens is 3. The fourth-order valence-corrected chi connectivity index (χ4v) is 2.70. The predicted octanol–water partition coefficient (Wildman–Crippen LogP) is 2.18. The van der Waals surface area contributed by atoms with Crippen molar-refractivity contribution in [3.8, 4) is 5.75 Å². The molecule has 1 aliphatic heterocycles. The van der Waals surface area contributed by atoms with Gasteiger partial charge in [-0.3, -0.25) is 9.59 Å². The van der Waals surface area contributed by atoms with Crippen molar-refractivity contribution in [1.82, 2.24) is 5.32 Å². The molecule has 6 nitrogen and oxygen atoms in total. The summed E-state index contributed by atoms with van der Waals surface area (Å²) in [6, 6.07) is 3.71. The highest BCUT2D eigenvalue weighted by Crippen LogP contribution is 2.29. The van der Waals surface area contributed by atoms with E-state index in [4.69, 9.17) is 5.73 Å². The molecule has 0 spiro atoms. The molecule has 1 aliphatic rings. The summed E-state index contributed by atoms with van der Waals surface area (Å²) in [6.45, 7) is 4.03. The summed E-state index contributed by atoms with van der Waals surface area (Å²) in [5.74, 6) is -1.24. The van der Waals surface area contributed by atoms with E-state index in [1.54, 1.807) is 0 Å². The number of nitrogens with one attached hydrogen (secondary N) is 1. The van der Waals surface area contributed by atoms with Gasteiger partial charge in [-0.25, -0.2) is 0 Å².